The second-order valence-corrected chi connectivity index (χ2v) is 6.96. The second-order valence-electron chi connectivity index (χ2n) is 5.93. The van der Waals surface area contributed by atoms with Crippen LogP contribution in [0.4, 0.5) is 10.6 Å². The zero-order valence-electron chi connectivity index (χ0n) is 13.9. The smallest absolute Gasteiger partial charge is 0.315 e. The third-order valence-corrected chi connectivity index (χ3v) is 4.97. The first-order chi connectivity index (χ1) is 11.7. The van der Waals surface area contributed by atoms with Gasteiger partial charge in [-0.2, -0.15) is 0 Å². The van der Waals surface area contributed by atoms with Gasteiger partial charge in [0.05, 0.1) is 6.54 Å². The Labute approximate surface area is 146 Å². The van der Waals surface area contributed by atoms with Crippen LogP contribution in [0.1, 0.15) is 10.4 Å². The molecule has 1 fully saturated rings. The van der Waals surface area contributed by atoms with E-state index in [1.165, 1.54) is 0 Å². The lowest BCUT2D eigenvalue weighted by molar-refractivity contribution is 0.240. The fraction of sp³-hybridized carbons (Fsp3) is 0.412. The number of nitrogens with zero attached hydrogens (tertiary/aromatic N) is 3. The molecule has 0 aromatic carbocycles. The van der Waals surface area contributed by atoms with E-state index in [4.69, 9.17) is 0 Å². The van der Waals surface area contributed by atoms with Gasteiger partial charge in [0, 0.05) is 43.8 Å². The van der Waals surface area contributed by atoms with E-state index in [1.807, 2.05) is 35.8 Å². The van der Waals surface area contributed by atoms with Gasteiger partial charge < -0.3 is 20.4 Å². The average Bonchev–Trinajstić information content (AvgIpc) is 3.13. The predicted octanol–water partition coefficient (Wildman–Crippen LogP) is 1.89. The lowest BCUT2D eigenvalue weighted by Gasteiger charge is -2.33. The molecule has 7 heteroatoms. The number of nitrogens with one attached hydrogen (secondary N) is 2. The normalized spacial score (nSPS) is 15.3. The monoisotopic (exact) mass is 345 g/mol. The minimum absolute atomic E-state index is 0.161. The number of aromatic nitrogens is 1. The number of rotatable bonds is 5. The molecule has 128 valence electrons. The van der Waals surface area contributed by atoms with Gasteiger partial charge in [0.25, 0.3) is 0 Å². The molecule has 0 unspecified atom stereocenters. The largest absolute Gasteiger partial charge is 0.354 e. The van der Waals surface area contributed by atoms with Crippen LogP contribution < -0.4 is 15.5 Å². The Balaban J connectivity index is 1.43. The first kappa shape index (κ1) is 16.7. The fourth-order valence-corrected chi connectivity index (χ4v) is 3.21. The van der Waals surface area contributed by atoms with E-state index in [1.54, 1.807) is 11.3 Å². The van der Waals surface area contributed by atoms with Crippen LogP contribution in [-0.2, 0) is 13.1 Å². The molecule has 2 amide bonds. The quantitative estimate of drug-likeness (QED) is 0.869. The molecule has 0 bridgehead atoms. The Morgan fingerprint density at radius 2 is 1.96 bits per heavy atom. The molecule has 3 rings (SSSR count). The fourth-order valence-electron chi connectivity index (χ4n) is 2.57. The Morgan fingerprint density at radius 3 is 2.62 bits per heavy atom. The van der Waals surface area contributed by atoms with Crippen LogP contribution in [0.3, 0.4) is 0 Å². The number of piperazine rings is 1. The maximum Gasteiger partial charge on any atom is 0.315 e. The molecule has 0 spiro atoms. The molecule has 2 aromatic rings. The molecule has 2 aromatic heterocycles. The predicted molar refractivity (Wildman–Crippen MR) is 97.3 cm³/mol. The summed E-state index contributed by atoms with van der Waals surface area (Å²) in [4.78, 5) is 22.1. The highest BCUT2D eigenvalue weighted by molar-refractivity contribution is 7.09. The Morgan fingerprint density at radius 1 is 1.17 bits per heavy atom. The summed E-state index contributed by atoms with van der Waals surface area (Å²) in [6, 6.07) is 7.89. The first-order valence-corrected chi connectivity index (χ1v) is 9.01. The molecular formula is C17H23N5OS. The molecule has 3 heterocycles. The number of carbonyl (C=O) groups excluding carboxylic acids is 1. The number of thiophene rings is 1. The molecule has 0 atom stereocenters. The van der Waals surface area contributed by atoms with Gasteiger partial charge in [0.1, 0.15) is 5.82 Å². The van der Waals surface area contributed by atoms with Crippen molar-refractivity contribution in [1.29, 1.82) is 0 Å². The molecule has 24 heavy (non-hydrogen) atoms. The average molecular weight is 345 g/mol. The lowest BCUT2D eigenvalue weighted by Crippen LogP contribution is -2.44. The number of hydrogen-bond donors (Lipinski definition) is 2. The highest BCUT2D eigenvalue weighted by Gasteiger charge is 2.14. The minimum Gasteiger partial charge on any atom is -0.354 e. The van der Waals surface area contributed by atoms with Crippen molar-refractivity contribution in [3.63, 3.8) is 0 Å². The second kappa shape index (κ2) is 8.12. The van der Waals surface area contributed by atoms with Crippen molar-refractivity contribution >= 4 is 23.2 Å². The number of amides is 2. The van der Waals surface area contributed by atoms with Gasteiger partial charge in [-0.05, 0) is 30.1 Å². The molecule has 6 nitrogen and oxygen atoms in total. The Bertz CT molecular complexity index is 636. The SMILES string of the molecule is CN1CCN(c2ccc(CNC(=O)NCc3cccs3)cn2)CC1. The summed E-state index contributed by atoms with van der Waals surface area (Å²) < 4.78 is 0. The third kappa shape index (κ3) is 4.69. The molecule has 1 aliphatic heterocycles. The summed E-state index contributed by atoms with van der Waals surface area (Å²) in [6.45, 7) is 5.18. The molecule has 1 saturated heterocycles. The molecule has 0 radical (unpaired) electrons. The van der Waals surface area contributed by atoms with E-state index in [0.717, 1.165) is 42.4 Å². The topological polar surface area (TPSA) is 60.5 Å². The standard InChI is InChI=1S/C17H23N5OS/c1-21-6-8-22(9-7-21)16-5-4-14(11-18-16)12-19-17(23)20-13-15-3-2-10-24-15/h2-5,10-11H,6-9,12-13H2,1H3,(H2,19,20,23). The summed E-state index contributed by atoms with van der Waals surface area (Å²) >= 11 is 1.63. The summed E-state index contributed by atoms with van der Waals surface area (Å²) in [5.74, 6) is 1.01. The maximum absolute atomic E-state index is 11.8. The molecule has 1 aliphatic rings. The number of anilines is 1. The van der Waals surface area contributed by atoms with Crippen LogP contribution in [-0.4, -0.2) is 49.1 Å². The van der Waals surface area contributed by atoms with Crippen LogP contribution in [0, 0.1) is 0 Å². The van der Waals surface area contributed by atoms with E-state index < -0.39 is 0 Å². The van der Waals surface area contributed by atoms with Crippen LogP contribution in [0.2, 0.25) is 0 Å². The number of hydrogen-bond acceptors (Lipinski definition) is 5. The summed E-state index contributed by atoms with van der Waals surface area (Å²) in [5, 5.41) is 7.71. The van der Waals surface area contributed by atoms with E-state index >= 15 is 0 Å². The highest BCUT2D eigenvalue weighted by Crippen LogP contribution is 2.13. The molecule has 2 N–H and O–H groups in total. The number of pyridine rings is 1. The van der Waals surface area contributed by atoms with E-state index in [-0.39, 0.29) is 6.03 Å². The van der Waals surface area contributed by atoms with Crippen LogP contribution >= 0.6 is 11.3 Å². The highest BCUT2D eigenvalue weighted by atomic mass is 32.1. The zero-order valence-corrected chi connectivity index (χ0v) is 14.7. The maximum atomic E-state index is 11.8. The van der Waals surface area contributed by atoms with Gasteiger partial charge in [0.15, 0.2) is 0 Å². The van der Waals surface area contributed by atoms with Crippen molar-refractivity contribution < 1.29 is 4.79 Å². The zero-order chi connectivity index (χ0) is 16.8. The van der Waals surface area contributed by atoms with Gasteiger partial charge >= 0.3 is 6.03 Å². The molecule has 0 saturated carbocycles. The van der Waals surface area contributed by atoms with Crippen molar-refractivity contribution in [1.82, 2.24) is 20.5 Å². The number of carbonyl (C=O) groups is 1. The van der Waals surface area contributed by atoms with E-state index in [9.17, 15) is 4.79 Å². The van der Waals surface area contributed by atoms with Gasteiger partial charge in [0.2, 0.25) is 0 Å². The minimum atomic E-state index is -0.161. The summed E-state index contributed by atoms with van der Waals surface area (Å²) in [6.07, 6.45) is 1.84. The lowest BCUT2D eigenvalue weighted by atomic mass is 10.2. The van der Waals surface area contributed by atoms with E-state index in [2.05, 4.69) is 32.5 Å². The van der Waals surface area contributed by atoms with Gasteiger partial charge in [-0.1, -0.05) is 12.1 Å². The molecule has 0 aliphatic carbocycles. The first-order valence-electron chi connectivity index (χ1n) is 8.13. The molecular weight excluding hydrogens is 322 g/mol. The van der Waals surface area contributed by atoms with Crippen molar-refractivity contribution in [2.24, 2.45) is 0 Å². The van der Waals surface area contributed by atoms with Gasteiger partial charge in [-0.3, -0.25) is 0 Å². The third-order valence-electron chi connectivity index (χ3n) is 4.09. The van der Waals surface area contributed by atoms with Gasteiger partial charge in [-0.15, -0.1) is 11.3 Å². The van der Waals surface area contributed by atoms with Crippen molar-refractivity contribution in [2.75, 3.05) is 38.1 Å². The van der Waals surface area contributed by atoms with Crippen LogP contribution in [0.5, 0.6) is 0 Å². The summed E-state index contributed by atoms with van der Waals surface area (Å²) in [7, 11) is 2.14. The number of urea groups is 1. The van der Waals surface area contributed by atoms with Crippen molar-refractivity contribution in [2.45, 2.75) is 13.1 Å². The van der Waals surface area contributed by atoms with E-state index in [0.29, 0.717) is 13.1 Å². The number of likely N-dealkylation sites (N-methyl/N-ethyl adjacent to an activating group) is 1. The van der Waals surface area contributed by atoms with Crippen LogP contribution in [0.25, 0.3) is 0 Å². The van der Waals surface area contributed by atoms with Crippen molar-refractivity contribution in [3.05, 3.63) is 46.3 Å². The Kier molecular flexibility index (Phi) is 5.66. The van der Waals surface area contributed by atoms with Gasteiger partial charge in [-0.25, -0.2) is 9.78 Å². The van der Waals surface area contributed by atoms with Crippen LogP contribution in [0.15, 0.2) is 35.8 Å². The van der Waals surface area contributed by atoms with Crippen molar-refractivity contribution in [3.8, 4) is 0 Å². The Hall–Kier alpha value is -2.12. The summed E-state index contributed by atoms with van der Waals surface area (Å²) in [5.41, 5.74) is 0.999.